The largest absolute Gasteiger partial charge is 0.489 e. The fraction of sp³-hybridized carbons (Fsp3) is 0.261. The van der Waals surface area contributed by atoms with Gasteiger partial charge in [-0.2, -0.15) is 5.26 Å². The van der Waals surface area contributed by atoms with E-state index < -0.39 is 41.6 Å². The van der Waals surface area contributed by atoms with Crippen molar-refractivity contribution in [3.63, 3.8) is 0 Å². The van der Waals surface area contributed by atoms with Gasteiger partial charge in [0.1, 0.15) is 31.0 Å². The summed E-state index contributed by atoms with van der Waals surface area (Å²) in [5.41, 5.74) is 5.82. The molecule has 0 aromatic heterocycles. The van der Waals surface area contributed by atoms with E-state index in [-0.39, 0.29) is 26.0 Å². The summed E-state index contributed by atoms with van der Waals surface area (Å²) in [5.74, 6) is -0.0873. The Balaban J connectivity index is 1.04. The summed E-state index contributed by atoms with van der Waals surface area (Å²) in [6, 6.07) is 30.5. The molecule has 0 radical (unpaired) electrons. The summed E-state index contributed by atoms with van der Waals surface area (Å²) >= 11 is 12.2. The first-order chi connectivity index (χ1) is 28.2. The van der Waals surface area contributed by atoms with Crippen molar-refractivity contribution >= 4 is 41.1 Å². The first-order valence-corrected chi connectivity index (χ1v) is 19.8. The van der Waals surface area contributed by atoms with E-state index in [1.165, 1.54) is 4.90 Å². The van der Waals surface area contributed by atoms with Crippen LogP contribution in [0.1, 0.15) is 60.3 Å². The van der Waals surface area contributed by atoms with Crippen LogP contribution in [0.4, 0.5) is 4.79 Å². The second kappa shape index (κ2) is 17.3. The van der Waals surface area contributed by atoms with Gasteiger partial charge in [0, 0.05) is 24.9 Å². The minimum atomic E-state index is -1.25. The number of carboxylic acids is 1. The van der Waals surface area contributed by atoms with Crippen LogP contribution in [0.2, 0.25) is 10.0 Å². The average molecular weight is 834 g/mol. The zero-order chi connectivity index (χ0) is 41.8. The maximum Gasteiger partial charge on any atom is 0.326 e. The summed E-state index contributed by atoms with van der Waals surface area (Å²) in [6.07, 6.45) is -0.249. The molecule has 0 bridgehead atoms. The number of carbonyl (C=O) groups excluding carboxylic acids is 2. The topological polar surface area (TPSA) is 150 Å². The van der Waals surface area contributed by atoms with Crippen molar-refractivity contribution in [2.75, 3.05) is 6.61 Å². The number of hydrogen-bond acceptors (Lipinski definition) is 7. The van der Waals surface area contributed by atoms with Crippen molar-refractivity contribution in [1.82, 2.24) is 15.5 Å². The lowest BCUT2D eigenvalue weighted by atomic mass is 9.92. The molecule has 5 aromatic rings. The van der Waals surface area contributed by atoms with Crippen LogP contribution in [0, 0.1) is 11.3 Å². The number of benzene rings is 5. The van der Waals surface area contributed by atoms with E-state index in [0.717, 1.165) is 33.4 Å². The SMILES string of the molecule is CC(C)(C)NC(=O)N1Cc2cc3c(cc2C[C@H]1C(=O)NC(Cc1ccc(-c2ccc(C#N)cc2)cc1)C(=O)O)OC[C@H](c1ccc(OCc2ccc(Cl)c(Cl)c2)cc1)O3. The van der Waals surface area contributed by atoms with Gasteiger partial charge in [0.05, 0.1) is 21.7 Å². The van der Waals surface area contributed by atoms with E-state index in [9.17, 15) is 19.5 Å². The van der Waals surface area contributed by atoms with Gasteiger partial charge in [0.2, 0.25) is 5.91 Å². The molecule has 302 valence electrons. The van der Waals surface area contributed by atoms with Gasteiger partial charge >= 0.3 is 12.0 Å². The van der Waals surface area contributed by atoms with E-state index in [1.54, 1.807) is 24.3 Å². The number of carbonyl (C=O) groups is 3. The molecule has 0 spiro atoms. The van der Waals surface area contributed by atoms with Gasteiger partial charge < -0.3 is 34.9 Å². The predicted octanol–water partition coefficient (Wildman–Crippen LogP) is 8.67. The second-order valence-electron chi connectivity index (χ2n) is 15.6. The number of aliphatic carboxylic acids is 1. The molecular formula is C46H42Cl2N4O7. The monoisotopic (exact) mass is 832 g/mol. The number of fused-ring (bicyclic) bond motifs is 2. The number of ether oxygens (including phenoxy) is 3. The lowest BCUT2D eigenvalue weighted by molar-refractivity contribution is -0.142. The molecule has 3 atom stereocenters. The molecule has 1 unspecified atom stereocenters. The lowest BCUT2D eigenvalue weighted by Gasteiger charge is -2.39. The molecule has 0 aliphatic carbocycles. The molecule has 3 N–H and O–H groups in total. The Labute approximate surface area is 352 Å². The second-order valence-corrected chi connectivity index (χ2v) is 16.4. The molecule has 0 fully saturated rings. The molecule has 59 heavy (non-hydrogen) atoms. The van der Waals surface area contributed by atoms with Crippen molar-refractivity contribution in [1.29, 1.82) is 5.26 Å². The molecule has 0 saturated heterocycles. The molecule has 7 rings (SSSR count). The number of nitrogens with one attached hydrogen (secondary N) is 2. The van der Waals surface area contributed by atoms with Crippen LogP contribution in [0.15, 0.2) is 103 Å². The summed E-state index contributed by atoms with van der Waals surface area (Å²) in [7, 11) is 0. The number of hydrogen-bond donors (Lipinski definition) is 3. The lowest BCUT2D eigenvalue weighted by Crippen LogP contribution is -2.59. The van der Waals surface area contributed by atoms with Gasteiger partial charge in [0.25, 0.3) is 0 Å². The Kier molecular flexibility index (Phi) is 12.0. The standard InChI is InChI=1S/C46H42Cl2N4O7/c1-46(2,3)51-45(56)52-24-34-22-41-40(58-26-42(59-41)32-13-15-35(16-14-32)57-25-29-8-17-36(47)37(48)18-29)21-33(34)20-39(52)43(53)50-38(44(54)55)19-27-4-9-30(10-5-27)31-11-6-28(23-49)7-12-31/h4-18,21-22,38-39,42H,19-20,24-26H2,1-3H3,(H,50,53)(H,51,56)(H,54,55)/t38?,39-,42+/m0/s1. The van der Waals surface area contributed by atoms with E-state index in [0.29, 0.717) is 45.0 Å². The Morgan fingerprint density at radius 2 is 1.54 bits per heavy atom. The van der Waals surface area contributed by atoms with E-state index >= 15 is 0 Å². The third-order valence-electron chi connectivity index (χ3n) is 10.1. The first-order valence-electron chi connectivity index (χ1n) is 19.1. The summed E-state index contributed by atoms with van der Waals surface area (Å²) in [6.45, 7) is 6.19. The summed E-state index contributed by atoms with van der Waals surface area (Å²) in [4.78, 5) is 41.8. The Hall–Kier alpha value is -6.22. The van der Waals surface area contributed by atoms with Crippen LogP contribution in [-0.4, -0.2) is 52.1 Å². The Bertz CT molecular complexity index is 2410. The number of urea groups is 1. The van der Waals surface area contributed by atoms with Crippen molar-refractivity contribution in [3.05, 3.63) is 147 Å². The first kappa shape index (κ1) is 41.0. The van der Waals surface area contributed by atoms with Gasteiger partial charge in [-0.25, -0.2) is 9.59 Å². The van der Waals surface area contributed by atoms with Crippen LogP contribution >= 0.6 is 23.2 Å². The average Bonchev–Trinajstić information content (AvgIpc) is 3.22. The molecule has 13 heteroatoms. The van der Waals surface area contributed by atoms with Crippen molar-refractivity contribution in [2.45, 2.75) is 70.5 Å². The summed E-state index contributed by atoms with van der Waals surface area (Å²) in [5, 5.41) is 25.9. The minimum Gasteiger partial charge on any atom is -0.489 e. The molecule has 0 saturated carbocycles. The van der Waals surface area contributed by atoms with Gasteiger partial charge in [0.15, 0.2) is 17.6 Å². The molecule has 3 amide bonds. The van der Waals surface area contributed by atoms with Crippen LogP contribution in [0.5, 0.6) is 17.2 Å². The van der Waals surface area contributed by atoms with E-state index in [4.69, 9.17) is 42.7 Å². The highest BCUT2D eigenvalue weighted by Gasteiger charge is 2.39. The smallest absolute Gasteiger partial charge is 0.326 e. The maximum atomic E-state index is 14.0. The quantitative estimate of drug-likeness (QED) is 0.127. The van der Waals surface area contributed by atoms with E-state index in [2.05, 4.69) is 16.7 Å². The maximum absolute atomic E-state index is 14.0. The van der Waals surface area contributed by atoms with Gasteiger partial charge in [-0.3, -0.25) is 4.79 Å². The molecule has 5 aromatic carbocycles. The fourth-order valence-corrected chi connectivity index (χ4v) is 7.33. The number of amides is 3. The third kappa shape index (κ3) is 9.91. The van der Waals surface area contributed by atoms with Crippen LogP contribution in [0.25, 0.3) is 11.1 Å². The minimum absolute atomic E-state index is 0.0283. The van der Waals surface area contributed by atoms with Crippen molar-refractivity contribution < 1.29 is 33.7 Å². The molecule has 11 nitrogen and oxygen atoms in total. The van der Waals surface area contributed by atoms with E-state index in [1.807, 2.05) is 99.6 Å². The number of carboxylic acid groups (broad SMARTS) is 1. The van der Waals surface area contributed by atoms with Crippen LogP contribution in [0.3, 0.4) is 0 Å². The Morgan fingerprint density at radius 3 is 2.19 bits per heavy atom. The number of halogens is 2. The van der Waals surface area contributed by atoms with Crippen LogP contribution in [-0.2, 0) is 35.6 Å². The fourth-order valence-electron chi connectivity index (χ4n) is 7.00. The van der Waals surface area contributed by atoms with Gasteiger partial charge in [-0.1, -0.05) is 77.8 Å². The Morgan fingerprint density at radius 1 is 0.881 bits per heavy atom. The highest BCUT2D eigenvalue weighted by atomic mass is 35.5. The zero-order valence-electron chi connectivity index (χ0n) is 32.6. The highest BCUT2D eigenvalue weighted by molar-refractivity contribution is 6.42. The highest BCUT2D eigenvalue weighted by Crippen LogP contribution is 2.41. The van der Waals surface area contributed by atoms with Crippen molar-refractivity contribution in [2.24, 2.45) is 0 Å². The molecule has 2 aliphatic heterocycles. The molecular weight excluding hydrogens is 791 g/mol. The zero-order valence-corrected chi connectivity index (χ0v) is 34.1. The van der Waals surface area contributed by atoms with Crippen LogP contribution < -0.4 is 24.8 Å². The van der Waals surface area contributed by atoms with Gasteiger partial charge in [-0.15, -0.1) is 0 Å². The molecule has 2 aliphatic rings. The third-order valence-corrected chi connectivity index (χ3v) is 10.8. The molecule has 2 heterocycles. The number of nitrogens with zero attached hydrogens (tertiary/aromatic N) is 2. The normalized spacial score (nSPS) is 16.2. The number of nitriles is 1. The van der Waals surface area contributed by atoms with Gasteiger partial charge in [-0.05, 0) is 108 Å². The number of rotatable bonds is 10. The van der Waals surface area contributed by atoms with Crippen molar-refractivity contribution in [3.8, 4) is 34.4 Å². The predicted molar refractivity (Wildman–Crippen MR) is 224 cm³/mol. The summed E-state index contributed by atoms with van der Waals surface area (Å²) < 4.78 is 18.6.